The number of aromatic nitrogens is 3. The average Bonchev–Trinajstić information content (AvgIpc) is 2.35. The average molecular weight is 292 g/mol. The van der Waals surface area contributed by atoms with Gasteiger partial charge in [0.2, 0.25) is 16.5 Å². The summed E-state index contributed by atoms with van der Waals surface area (Å²) >= 11 is 11.4. The van der Waals surface area contributed by atoms with Crippen molar-refractivity contribution in [3.63, 3.8) is 0 Å². The second-order valence-electron chi connectivity index (χ2n) is 3.93. The number of rotatable bonds is 5. The Morgan fingerprint density at radius 1 is 1.11 bits per heavy atom. The van der Waals surface area contributed by atoms with Gasteiger partial charge < -0.3 is 10.1 Å². The van der Waals surface area contributed by atoms with Crippen molar-refractivity contribution < 1.29 is 4.74 Å². The van der Waals surface area contributed by atoms with E-state index in [2.05, 4.69) is 25.2 Å². The quantitative estimate of drug-likeness (QED) is 0.826. The van der Waals surface area contributed by atoms with Gasteiger partial charge in [-0.05, 0) is 36.2 Å². The van der Waals surface area contributed by atoms with E-state index in [0.29, 0.717) is 5.95 Å². The predicted octanol–water partition coefficient (Wildman–Crippen LogP) is 1.31. The number of anilines is 1. The maximum absolute atomic E-state index is 5.68. The molecule has 2 rings (SSSR count). The SMILES string of the molecule is Clc1nc(Cl)nc(NCCCN2CCOCC2)n1. The molecule has 100 valence electrons. The highest BCUT2D eigenvalue weighted by Crippen LogP contribution is 2.09. The normalized spacial score (nSPS) is 16.8. The molecule has 18 heavy (non-hydrogen) atoms. The zero-order chi connectivity index (χ0) is 12.8. The highest BCUT2D eigenvalue weighted by Gasteiger charge is 2.09. The molecule has 1 aliphatic heterocycles. The number of ether oxygens (including phenoxy) is 1. The first-order chi connectivity index (χ1) is 8.74. The molecule has 0 aromatic carbocycles. The fourth-order valence-corrected chi connectivity index (χ4v) is 2.10. The zero-order valence-electron chi connectivity index (χ0n) is 9.90. The number of nitrogens with zero attached hydrogens (tertiary/aromatic N) is 4. The van der Waals surface area contributed by atoms with E-state index < -0.39 is 0 Å². The lowest BCUT2D eigenvalue weighted by Gasteiger charge is -2.26. The Bertz CT molecular complexity index is 366. The molecule has 6 nitrogen and oxygen atoms in total. The van der Waals surface area contributed by atoms with Crippen molar-refractivity contribution in [3.05, 3.63) is 10.6 Å². The maximum atomic E-state index is 5.68. The lowest BCUT2D eigenvalue weighted by molar-refractivity contribution is 0.0378. The van der Waals surface area contributed by atoms with Crippen molar-refractivity contribution in [2.75, 3.05) is 44.7 Å². The van der Waals surface area contributed by atoms with Crippen molar-refractivity contribution >= 4 is 29.2 Å². The Kier molecular flexibility index (Phi) is 5.37. The molecule has 1 aliphatic rings. The number of nitrogens with one attached hydrogen (secondary N) is 1. The topological polar surface area (TPSA) is 63.2 Å². The second kappa shape index (κ2) is 7.04. The first-order valence-corrected chi connectivity index (χ1v) is 6.61. The molecule has 0 amide bonds. The van der Waals surface area contributed by atoms with Gasteiger partial charge in [-0.15, -0.1) is 0 Å². The molecule has 0 spiro atoms. The molecule has 0 aliphatic carbocycles. The van der Waals surface area contributed by atoms with Gasteiger partial charge in [0.05, 0.1) is 13.2 Å². The molecule has 1 saturated heterocycles. The second-order valence-corrected chi connectivity index (χ2v) is 4.61. The van der Waals surface area contributed by atoms with Crippen LogP contribution >= 0.6 is 23.2 Å². The summed E-state index contributed by atoms with van der Waals surface area (Å²) in [6, 6.07) is 0. The molecule has 0 unspecified atom stereocenters. The van der Waals surface area contributed by atoms with E-state index in [0.717, 1.165) is 45.8 Å². The van der Waals surface area contributed by atoms with E-state index in [4.69, 9.17) is 27.9 Å². The minimum absolute atomic E-state index is 0.102. The van der Waals surface area contributed by atoms with Crippen molar-refractivity contribution in [3.8, 4) is 0 Å². The van der Waals surface area contributed by atoms with Crippen LogP contribution in [0.15, 0.2) is 0 Å². The van der Waals surface area contributed by atoms with Crippen LogP contribution in [0.2, 0.25) is 10.6 Å². The highest BCUT2D eigenvalue weighted by molar-refractivity contribution is 6.31. The fourth-order valence-electron chi connectivity index (χ4n) is 1.73. The van der Waals surface area contributed by atoms with Crippen molar-refractivity contribution in [1.29, 1.82) is 0 Å². The summed E-state index contributed by atoms with van der Waals surface area (Å²) in [5.41, 5.74) is 0. The Morgan fingerprint density at radius 3 is 2.44 bits per heavy atom. The van der Waals surface area contributed by atoms with E-state index in [1.807, 2.05) is 0 Å². The molecule has 0 bridgehead atoms. The lowest BCUT2D eigenvalue weighted by atomic mass is 10.3. The van der Waals surface area contributed by atoms with Crippen LogP contribution in [0.3, 0.4) is 0 Å². The first kappa shape index (κ1) is 13.7. The Hall–Kier alpha value is -0.690. The van der Waals surface area contributed by atoms with Gasteiger partial charge in [-0.1, -0.05) is 0 Å². The standard InChI is InChI=1S/C10H15Cl2N5O/c11-8-14-9(12)16-10(15-8)13-2-1-3-17-4-6-18-7-5-17/h1-7H2,(H,13,14,15,16). The van der Waals surface area contributed by atoms with Crippen LogP contribution in [0.4, 0.5) is 5.95 Å². The van der Waals surface area contributed by atoms with Gasteiger partial charge in [0.15, 0.2) is 0 Å². The molecule has 1 N–H and O–H groups in total. The van der Waals surface area contributed by atoms with Gasteiger partial charge in [0.1, 0.15) is 0 Å². The smallest absolute Gasteiger partial charge is 0.228 e. The van der Waals surface area contributed by atoms with Crippen molar-refractivity contribution in [1.82, 2.24) is 19.9 Å². The van der Waals surface area contributed by atoms with E-state index in [9.17, 15) is 0 Å². The lowest BCUT2D eigenvalue weighted by Crippen LogP contribution is -2.37. The van der Waals surface area contributed by atoms with Gasteiger partial charge in [0.25, 0.3) is 0 Å². The third-order valence-corrected chi connectivity index (χ3v) is 2.96. The summed E-state index contributed by atoms with van der Waals surface area (Å²) in [5, 5.41) is 3.28. The van der Waals surface area contributed by atoms with Gasteiger partial charge >= 0.3 is 0 Å². The van der Waals surface area contributed by atoms with Crippen LogP contribution in [-0.2, 0) is 4.74 Å². The minimum Gasteiger partial charge on any atom is -0.379 e. The van der Waals surface area contributed by atoms with Gasteiger partial charge in [-0.25, -0.2) is 0 Å². The molecule has 1 aromatic heterocycles. The number of halogens is 2. The summed E-state index contributed by atoms with van der Waals surface area (Å²) in [6.07, 6.45) is 1.00. The predicted molar refractivity (Wildman–Crippen MR) is 70.2 cm³/mol. The maximum Gasteiger partial charge on any atom is 0.228 e. The summed E-state index contributed by atoms with van der Waals surface area (Å²) in [5.74, 6) is 0.418. The molecular weight excluding hydrogens is 277 g/mol. The molecule has 1 fully saturated rings. The van der Waals surface area contributed by atoms with Crippen LogP contribution in [0, 0.1) is 0 Å². The summed E-state index contributed by atoms with van der Waals surface area (Å²) < 4.78 is 5.29. The summed E-state index contributed by atoms with van der Waals surface area (Å²) in [6.45, 7) is 5.46. The minimum atomic E-state index is 0.102. The van der Waals surface area contributed by atoms with Crippen LogP contribution in [0.5, 0.6) is 0 Å². The van der Waals surface area contributed by atoms with Crippen LogP contribution in [0.1, 0.15) is 6.42 Å². The molecule has 1 aromatic rings. The highest BCUT2D eigenvalue weighted by atomic mass is 35.5. The molecule has 0 saturated carbocycles. The van der Waals surface area contributed by atoms with E-state index in [1.54, 1.807) is 0 Å². The fraction of sp³-hybridized carbons (Fsp3) is 0.700. The number of hydrogen-bond donors (Lipinski definition) is 1. The van der Waals surface area contributed by atoms with Crippen LogP contribution < -0.4 is 5.32 Å². The largest absolute Gasteiger partial charge is 0.379 e. The number of hydrogen-bond acceptors (Lipinski definition) is 6. The first-order valence-electron chi connectivity index (χ1n) is 5.85. The molecular formula is C10H15Cl2N5O. The van der Waals surface area contributed by atoms with E-state index in [-0.39, 0.29) is 10.6 Å². The summed E-state index contributed by atoms with van der Waals surface area (Å²) in [7, 11) is 0. The van der Waals surface area contributed by atoms with Crippen molar-refractivity contribution in [2.45, 2.75) is 6.42 Å². The van der Waals surface area contributed by atoms with Crippen molar-refractivity contribution in [2.24, 2.45) is 0 Å². The van der Waals surface area contributed by atoms with E-state index >= 15 is 0 Å². The monoisotopic (exact) mass is 291 g/mol. The van der Waals surface area contributed by atoms with Crippen LogP contribution in [0.25, 0.3) is 0 Å². The Balaban J connectivity index is 1.68. The van der Waals surface area contributed by atoms with Gasteiger partial charge in [-0.3, -0.25) is 4.90 Å². The Labute approximate surface area is 116 Å². The molecule has 2 heterocycles. The third kappa shape index (κ3) is 4.53. The molecule has 0 atom stereocenters. The van der Waals surface area contributed by atoms with E-state index in [1.165, 1.54) is 0 Å². The van der Waals surface area contributed by atoms with Crippen LogP contribution in [-0.4, -0.2) is 59.2 Å². The number of morpholine rings is 1. The molecule has 0 radical (unpaired) electrons. The molecule has 8 heteroatoms. The van der Waals surface area contributed by atoms with Gasteiger partial charge in [-0.2, -0.15) is 15.0 Å². The Morgan fingerprint density at radius 2 is 1.78 bits per heavy atom. The zero-order valence-corrected chi connectivity index (χ0v) is 11.4. The third-order valence-electron chi connectivity index (χ3n) is 2.62. The van der Waals surface area contributed by atoms with Gasteiger partial charge in [0, 0.05) is 19.6 Å². The summed E-state index contributed by atoms with van der Waals surface area (Å²) in [4.78, 5) is 13.9.